The molecule has 0 saturated heterocycles. The largest absolute Gasteiger partial charge is 0.465 e. The Morgan fingerprint density at radius 3 is 2.80 bits per heavy atom. The first-order valence-corrected chi connectivity index (χ1v) is 6.64. The van der Waals surface area contributed by atoms with E-state index in [1.54, 1.807) is 23.7 Å². The number of anilines is 2. The van der Waals surface area contributed by atoms with Gasteiger partial charge in [-0.3, -0.25) is 5.32 Å². The summed E-state index contributed by atoms with van der Waals surface area (Å²) in [5.74, 6) is -0.0404. The summed E-state index contributed by atoms with van der Waals surface area (Å²) in [5, 5.41) is 6.89. The lowest BCUT2D eigenvalue weighted by molar-refractivity contribution is 0.0607. The molecule has 0 aliphatic rings. The van der Waals surface area contributed by atoms with Gasteiger partial charge in [0.1, 0.15) is 10.7 Å². The molecule has 2 rings (SSSR count). The highest BCUT2D eigenvalue weighted by molar-refractivity contribution is 7.12. The van der Waals surface area contributed by atoms with Gasteiger partial charge in [-0.25, -0.2) is 14.6 Å². The average molecular weight is 291 g/mol. The van der Waals surface area contributed by atoms with E-state index >= 15 is 0 Å². The summed E-state index contributed by atoms with van der Waals surface area (Å²) in [6.07, 6.45) is 1.61. The van der Waals surface area contributed by atoms with E-state index in [1.165, 1.54) is 18.4 Å². The van der Waals surface area contributed by atoms with Gasteiger partial charge in [0.15, 0.2) is 0 Å². The van der Waals surface area contributed by atoms with Crippen LogP contribution in [-0.2, 0) is 4.74 Å². The number of nitrogens with one attached hydrogen (secondary N) is 2. The molecule has 2 aromatic heterocycles. The number of amides is 2. The molecule has 2 amide bonds. The van der Waals surface area contributed by atoms with Crippen LogP contribution in [0.2, 0.25) is 0 Å². The van der Waals surface area contributed by atoms with Crippen molar-refractivity contribution in [2.75, 3.05) is 17.7 Å². The van der Waals surface area contributed by atoms with Gasteiger partial charge in [-0.2, -0.15) is 0 Å². The summed E-state index contributed by atoms with van der Waals surface area (Å²) in [6, 6.07) is 4.75. The van der Waals surface area contributed by atoms with Crippen molar-refractivity contribution < 1.29 is 14.3 Å². The molecule has 0 atom stereocenters. The molecule has 104 valence electrons. The van der Waals surface area contributed by atoms with Crippen LogP contribution >= 0.6 is 11.3 Å². The normalized spacial score (nSPS) is 9.90. The lowest BCUT2D eigenvalue weighted by Gasteiger charge is -2.07. The zero-order valence-electron chi connectivity index (χ0n) is 11.0. The molecule has 0 spiro atoms. The van der Waals surface area contributed by atoms with Gasteiger partial charge in [0, 0.05) is 6.20 Å². The highest BCUT2D eigenvalue weighted by atomic mass is 32.1. The number of rotatable bonds is 3. The number of urea groups is 1. The second kappa shape index (κ2) is 6.16. The maximum absolute atomic E-state index is 11.8. The Labute approximate surface area is 119 Å². The number of pyridine rings is 1. The molecule has 7 heteroatoms. The van der Waals surface area contributed by atoms with Crippen molar-refractivity contribution in [3.05, 3.63) is 40.2 Å². The molecular formula is C13H13N3O3S. The van der Waals surface area contributed by atoms with Gasteiger partial charge in [-0.1, -0.05) is 0 Å². The third kappa shape index (κ3) is 3.33. The van der Waals surface area contributed by atoms with Crippen LogP contribution in [0.3, 0.4) is 0 Å². The molecule has 2 N–H and O–H groups in total. The zero-order chi connectivity index (χ0) is 14.5. The Morgan fingerprint density at radius 1 is 1.30 bits per heavy atom. The van der Waals surface area contributed by atoms with Crippen LogP contribution in [-0.4, -0.2) is 24.1 Å². The van der Waals surface area contributed by atoms with Crippen molar-refractivity contribution >= 4 is 34.8 Å². The predicted octanol–water partition coefficient (Wildman–Crippen LogP) is 2.88. The fourth-order valence-electron chi connectivity index (χ4n) is 1.53. The monoisotopic (exact) mass is 291 g/mol. The molecular weight excluding hydrogens is 278 g/mol. The molecule has 6 nitrogen and oxygen atoms in total. The Hall–Kier alpha value is -2.41. The minimum Gasteiger partial charge on any atom is -0.465 e. The molecule has 2 aromatic rings. The van der Waals surface area contributed by atoms with E-state index in [-0.39, 0.29) is 0 Å². The lowest BCUT2D eigenvalue weighted by atomic mass is 10.3. The molecule has 0 aliphatic heterocycles. The number of nitrogens with zero attached hydrogens (tertiary/aromatic N) is 1. The third-order valence-corrected chi connectivity index (χ3v) is 3.34. The number of esters is 1. The fourth-order valence-corrected chi connectivity index (χ4v) is 2.30. The number of methoxy groups -OCH3 is 1. The van der Waals surface area contributed by atoms with Gasteiger partial charge in [-0.15, -0.1) is 11.3 Å². The average Bonchev–Trinajstić information content (AvgIpc) is 2.85. The smallest absolute Gasteiger partial charge is 0.350 e. The summed E-state index contributed by atoms with van der Waals surface area (Å²) in [5.41, 5.74) is 1.40. The molecule has 20 heavy (non-hydrogen) atoms. The van der Waals surface area contributed by atoms with Crippen molar-refractivity contribution in [1.82, 2.24) is 4.98 Å². The SMILES string of the molecule is COC(=O)c1sccc1NC(=O)Nc1cc(C)ccn1. The van der Waals surface area contributed by atoms with Crippen molar-refractivity contribution in [3.8, 4) is 0 Å². The molecule has 0 aromatic carbocycles. The maximum Gasteiger partial charge on any atom is 0.350 e. The first-order valence-electron chi connectivity index (χ1n) is 5.76. The molecule has 0 aliphatic carbocycles. The van der Waals surface area contributed by atoms with E-state index in [0.29, 0.717) is 16.4 Å². The number of carbonyl (C=O) groups excluding carboxylic acids is 2. The molecule has 2 heterocycles. The molecule has 0 fully saturated rings. The van der Waals surface area contributed by atoms with Crippen molar-refractivity contribution in [3.63, 3.8) is 0 Å². The van der Waals surface area contributed by atoms with Gasteiger partial charge < -0.3 is 10.1 Å². The van der Waals surface area contributed by atoms with Gasteiger partial charge in [0.25, 0.3) is 0 Å². The highest BCUT2D eigenvalue weighted by Crippen LogP contribution is 2.23. The van der Waals surface area contributed by atoms with Crippen LogP contribution < -0.4 is 10.6 Å². The van der Waals surface area contributed by atoms with Gasteiger partial charge in [0.05, 0.1) is 12.8 Å². The number of aryl methyl sites for hydroxylation is 1. The lowest BCUT2D eigenvalue weighted by Crippen LogP contribution is -2.21. The maximum atomic E-state index is 11.8. The summed E-state index contributed by atoms with van der Waals surface area (Å²) < 4.78 is 4.64. The van der Waals surface area contributed by atoms with Gasteiger partial charge >= 0.3 is 12.0 Å². The number of hydrogen-bond acceptors (Lipinski definition) is 5. The molecule has 0 radical (unpaired) electrons. The Kier molecular flexibility index (Phi) is 4.31. The highest BCUT2D eigenvalue weighted by Gasteiger charge is 2.15. The van der Waals surface area contributed by atoms with Crippen molar-refractivity contribution in [2.24, 2.45) is 0 Å². The first-order chi connectivity index (χ1) is 9.60. The second-order valence-electron chi connectivity index (χ2n) is 3.95. The van der Waals surface area contributed by atoms with Crippen LogP contribution in [0.4, 0.5) is 16.3 Å². The van der Waals surface area contributed by atoms with Gasteiger partial charge in [-0.05, 0) is 36.1 Å². The summed E-state index contributed by atoms with van der Waals surface area (Å²) in [7, 11) is 1.29. The molecule has 0 saturated carbocycles. The quantitative estimate of drug-likeness (QED) is 0.852. The number of carbonyl (C=O) groups is 2. The predicted molar refractivity (Wildman–Crippen MR) is 77.3 cm³/mol. The summed E-state index contributed by atoms with van der Waals surface area (Å²) >= 11 is 1.20. The van der Waals surface area contributed by atoms with Gasteiger partial charge in [0.2, 0.25) is 0 Å². The molecule has 0 unspecified atom stereocenters. The molecule has 0 bridgehead atoms. The second-order valence-corrected chi connectivity index (χ2v) is 4.87. The van der Waals surface area contributed by atoms with Crippen LogP contribution in [0.5, 0.6) is 0 Å². The Morgan fingerprint density at radius 2 is 2.10 bits per heavy atom. The van der Waals surface area contributed by atoms with Crippen LogP contribution in [0, 0.1) is 6.92 Å². The Balaban J connectivity index is 2.05. The number of ether oxygens (including phenoxy) is 1. The van der Waals surface area contributed by atoms with Crippen molar-refractivity contribution in [2.45, 2.75) is 6.92 Å². The van der Waals surface area contributed by atoms with E-state index < -0.39 is 12.0 Å². The fraction of sp³-hybridized carbons (Fsp3) is 0.154. The minimum absolute atomic E-state index is 0.347. The number of hydrogen-bond donors (Lipinski definition) is 2. The van der Waals surface area contributed by atoms with E-state index in [0.717, 1.165) is 5.56 Å². The van der Waals surface area contributed by atoms with Crippen molar-refractivity contribution in [1.29, 1.82) is 0 Å². The summed E-state index contributed by atoms with van der Waals surface area (Å²) in [6.45, 7) is 1.90. The summed E-state index contributed by atoms with van der Waals surface area (Å²) in [4.78, 5) is 27.7. The standard InChI is InChI=1S/C13H13N3O3S/c1-8-3-5-14-10(7-8)16-13(18)15-9-4-6-20-11(9)12(17)19-2/h3-7H,1-2H3,(H2,14,15,16,18). The van der Waals surface area contributed by atoms with Crippen LogP contribution in [0.25, 0.3) is 0 Å². The zero-order valence-corrected chi connectivity index (χ0v) is 11.8. The topological polar surface area (TPSA) is 80.3 Å². The first kappa shape index (κ1) is 14.0. The Bertz CT molecular complexity index is 639. The third-order valence-electron chi connectivity index (χ3n) is 2.44. The van der Waals surface area contributed by atoms with Crippen LogP contribution in [0.15, 0.2) is 29.8 Å². The van der Waals surface area contributed by atoms with E-state index in [2.05, 4.69) is 20.4 Å². The number of thiophene rings is 1. The van der Waals surface area contributed by atoms with E-state index in [9.17, 15) is 9.59 Å². The van der Waals surface area contributed by atoms with Crippen LogP contribution in [0.1, 0.15) is 15.2 Å². The minimum atomic E-state index is -0.482. The van der Waals surface area contributed by atoms with E-state index in [4.69, 9.17) is 0 Å². The number of aromatic nitrogens is 1. The van der Waals surface area contributed by atoms with E-state index in [1.807, 2.05) is 13.0 Å².